The molecule has 1 aromatic rings. The summed E-state index contributed by atoms with van der Waals surface area (Å²) in [5, 5.41) is 6.83. The Morgan fingerprint density at radius 1 is 1.62 bits per heavy atom. The van der Waals surface area contributed by atoms with Gasteiger partial charge in [-0.2, -0.15) is 0 Å². The highest BCUT2D eigenvalue weighted by Gasteiger charge is 2.38. The second-order valence-electron chi connectivity index (χ2n) is 4.58. The lowest BCUT2D eigenvalue weighted by atomic mass is 9.80. The van der Waals surface area contributed by atoms with E-state index in [1.54, 1.807) is 11.3 Å². The van der Waals surface area contributed by atoms with E-state index in [2.05, 4.69) is 22.6 Å². The number of methoxy groups -OCH3 is 1. The third kappa shape index (κ3) is 2.14. The average molecular weight is 240 g/mol. The number of ether oxygens (including phenoxy) is 1. The molecule has 0 radical (unpaired) electrons. The number of hydrogen-bond donors (Lipinski definition) is 1. The van der Waals surface area contributed by atoms with E-state index in [9.17, 15) is 0 Å². The minimum atomic E-state index is 0.0395. The predicted octanol–water partition coefficient (Wildman–Crippen LogP) is 2.46. The average Bonchev–Trinajstić information content (AvgIpc) is 2.76. The summed E-state index contributed by atoms with van der Waals surface area (Å²) in [6.07, 6.45) is 4.94. The van der Waals surface area contributed by atoms with Gasteiger partial charge in [0.25, 0.3) is 0 Å². The fraction of sp³-hybridized carbons (Fsp3) is 0.750. The molecule has 0 aromatic carbocycles. The van der Waals surface area contributed by atoms with Gasteiger partial charge in [-0.1, -0.05) is 0 Å². The van der Waals surface area contributed by atoms with Crippen LogP contribution in [0.25, 0.3) is 0 Å². The number of thiazole rings is 1. The van der Waals surface area contributed by atoms with Gasteiger partial charge in [-0.15, -0.1) is 11.3 Å². The van der Waals surface area contributed by atoms with Crippen molar-refractivity contribution >= 4 is 11.3 Å². The molecule has 1 N–H and O–H groups in total. The zero-order valence-electron chi connectivity index (χ0n) is 10.2. The van der Waals surface area contributed by atoms with Crippen LogP contribution in [0.5, 0.6) is 0 Å². The van der Waals surface area contributed by atoms with Gasteiger partial charge in [-0.25, -0.2) is 4.98 Å². The van der Waals surface area contributed by atoms with Crippen molar-refractivity contribution in [2.24, 2.45) is 0 Å². The summed E-state index contributed by atoms with van der Waals surface area (Å²) in [5.41, 5.74) is 1.16. The van der Waals surface area contributed by atoms with Crippen LogP contribution in [0.4, 0.5) is 0 Å². The first-order valence-corrected chi connectivity index (χ1v) is 6.72. The highest BCUT2D eigenvalue weighted by atomic mass is 32.1. The van der Waals surface area contributed by atoms with Gasteiger partial charge in [0.1, 0.15) is 5.01 Å². The van der Waals surface area contributed by atoms with Gasteiger partial charge in [-0.05, 0) is 39.7 Å². The van der Waals surface area contributed by atoms with Crippen molar-refractivity contribution in [2.75, 3.05) is 14.2 Å². The van der Waals surface area contributed by atoms with E-state index in [-0.39, 0.29) is 5.54 Å². The maximum atomic E-state index is 5.51. The van der Waals surface area contributed by atoms with Gasteiger partial charge in [-0.3, -0.25) is 0 Å². The summed E-state index contributed by atoms with van der Waals surface area (Å²) in [5.74, 6) is 0. The van der Waals surface area contributed by atoms with Crippen molar-refractivity contribution in [2.45, 2.75) is 44.2 Å². The van der Waals surface area contributed by atoms with Crippen LogP contribution >= 0.6 is 11.3 Å². The lowest BCUT2D eigenvalue weighted by Gasteiger charge is -2.38. The van der Waals surface area contributed by atoms with E-state index in [0.717, 1.165) is 18.5 Å². The molecule has 1 heterocycles. The van der Waals surface area contributed by atoms with Crippen molar-refractivity contribution in [3.8, 4) is 0 Å². The largest absolute Gasteiger partial charge is 0.381 e. The Balaban J connectivity index is 2.24. The molecular weight excluding hydrogens is 220 g/mol. The van der Waals surface area contributed by atoms with Gasteiger partial charge < -0.3 is 10.1 Å². The maximum absolute atomic E-state index is 5.51. The molecule has 0 saturated heterocycles. The molecule has 1 aliphatic rings. The molecule has 16 heavy (non-hydrogen) atoms. The molecule has 1 fully saturated rings. The van der Waals surface area contributed by atoms with Crippen molar-refractivity contribution in [3.63, 3.8) is 0 Å². The molecule has 2 unspecified atom stereocenters. The van der Waals surface area contributed by atoms with Crippen LogP contribution in [0.15, 0.2) is 5.38 Å². The highest BCUT2D eigenvalue weighted by Crippen LogP contribution is 2.39. The smallest absolute Gasteiger partial charge is 0.113 e. The van der Waals surface area contributed by atoms with E-state index in [1.807, 2.05) is 14.2 Å². The zero-order valence-corrected chi connectivity index (χ0v) is 11.1. The summed E-state index contributed by atoms with van der Waals surface area (Å²) in [7, 11) is 3.85. The SMILES string of the molecule is CNC1(c2nc(C)cs2)CCCC(OC)C1. The third-order valence-electron chi connectivity index (χ3n) is 3.55. The normalized spacial score (nSPS) is 30.6. The Hall–Kier alpha value is -0.450. The summed E-state index contributed by atoms with van der Waals surface area (Å²) in [4.78, 5) is 4.65. The molecule has 0 aliphatic heterocycles. The standard InChI is InChI=1S/C12H20N2OS/c1-9-8-16-11(14-9)12(13-2)6-4-5-10(7-12)15-3/h8,10,13H,4-7H2,1-3H3. The van der Waals surface area contributed by atoms with Crippen molar-refractivity contribution in [3.05, 3.63) is 16.1 Å². The lowest BCUT2D eigenvalue weighted by Crippen LogP contribution is -2.45. The quantitative estimate of drug-likeness (QED) is 0.881. The van der Waals surface area contributed by atoms with E-state index in [1.165, 1.54) is 17.8 Å². The number of aryl methyl sites for hydroxylation is 1. The minimum Gasteiger partial charge on any atom is -0.381 e. The molecule has 3 nitrogen and oxygen atoms in total. The Kier molecular flexibility index (Phi) is 3.62. The van der Waals surface area contributed by atoms with Crippen molar-refractivity contribution in [1.29, 1.82) is 0 Å². The molecule has 90 valence electrons. The van der Waals surface area contributed by atoms with Crippen LogP contribution < -0.4 is 5.32 Å². The van der Waals surface area contributed by atoms with Crippen LogP contribution in [0.2, 0.25) is 0 Å². The van der Waals surface area contributed by atoms with Gasteiger partial charge in [0.2, 0.25) is 0 Å². The van der Waals surface area contributed by atoms with Gasteiger partial charge in [0.15, 0.2) is 0 Å². The Bertz CT molecular complexity index is 353. The summed E-state index contributed by atoms with van der Waals surface area (Å²) in [6, 6.07) is 0. The zero-order chi connectivity index (χ0) is 11.6. The van der Waals surface area contributed by atoms with Crippen LogP contribution in [-0.4, -0.2) is 25.2 Å². The van der Waals surface area contributed by atoms with Crippen molar-refractivity contribution < 1.29 is 4.74 Å². The molecule has 1 saturated carbocycles. The molecule has 1 aliphatic carbocycles. The van der Waals surface area contributed by atoms with Gasteiger partial charge in [0.05, 0.1) is 11.6 Å². The van der Waals surface area contributed by atoms with E-state index >= 15 is 0 Å². The Labute approximate surface area is 101 Å². The lowest BCUT2D eigenvalue weighted by molar-refractivity contribution is 0.0314. The molecule has 0 spiro atoms. The van der Waals surface area contributed by atoms with E-state index in [0.29, 0.717) is 6.10 Å². The number of nitrogens with one attached hydrogen (secondary N) is 1. The number of nitrogens with zero attached hydrogens (tertiary/aromatic N) is 1. The van der Waals surface area contributed by atoms with Gasteiger partial charge >= 0.3 is 0 Å². The molecule has 0 amide bonds. The molecule has 0 bridgehead atoms. The molecule has 4 heteroatoms. The fourth-order valence-corrected chi connectivity index (χ4v) is 3.57. The van der Waals surface area contributed by atoms with Crippen LogP contribution in [0.1, 0.15) is 36.4 Å². The maximum Gasteiger partial charge on any atom is 0.113 e. The number of aromatic nitrogens is 1. The first kappa shape index (κ1) is 12.0. The summed E-state index contributed by atoms with van der Waals surface area (Å²) in [6.45, 7) is 2.06. The number of rotatable bonds is 3. The van der Waals surface area contributed by atoms with Crippen LogP contribution in [0.3, 0.4) is 0 Å². The summed E-state index contributed by atoms with van der Waals surface area (Å²) >= 11 is 1.76. The van der Waals surface area contributed by atoms with Gasteiger partial charge in [0, 0.05) is 18.2 Å². The second kappa shape index (κ2) is 4.82. The van der Waals surface area contributed by atoms with Crippen LogP contribution in [0, 0.1) is 6.92 Å². The topological polar surface area (TPSA) is 34.2 Å². The molecule has 2 rings (SSSR count). The van der Waals surface area contributed by atoms with E-state index in [4.69, 9.17) is 4.74 Å². The molecule has 1 aromatic heterocycles. The van der Waals surface area contributed by atoms with E-state index < -0.39 is 0 Å². The summed E-state index contributed by atoms with van der Waals surface area (Å²) < 4.78 is 5.51. The first-order chi connectivity index (χ1) is 7.70. The minimum absolute atomic E-state index is 0.0395. The number of hydrogen-bond acceptors (Lipinski definition) is 4. The Morgan fingerprint density at radius 3 is 3.00 bits per heavy atom. The third-order valence-corrected chi connectivity index (χ3v) is 4.71. The monoisotopic (exact) mass is 240 g/mol. The fourth-order valence-electron chi connectivity index (χ4n) is 2.53. The highest BCUT2D eigenvalue weighted by molar-refractivity contribution is 7.09. The first-order valence-electron chi connectivity index (χ1n) is 5.84. The predicted molar refractivity (Wildman–Crippen MR) is 66.9 cm³/mol. The second-order valence-corrected chi connectivity index (χ2v) is 5.44. The molecular formula is C12H20N2OS. The Morgan fingerprint density at radius 2 is 2.44 bits per heavy atom. The van der Waals surface area contributed by atoms with Crippen LogP contribution in [-0.2, 0) is 10.3 Å². The van der Waals surface area contributed by atoms with Crippen molar-refractivity contribution in [1.82, 2.24) is 10.3 Å². The molecule has 2 atom stereocenters.